The number of likely N-dealkylation sites (N-methyl/N-ethyl adjacent to an activating group) is 1. The third-order valence-electron chi connectivity index (χ3n) is 19.3. The number of carbonyl (C=O) groups excluding carboxylic acids is 11. The van der Waals surface area contributed by atoms with Gasteiger partial charge in [0.25, 0.3) is 11.8 Å². The van der Waals surface area contributed by atoms with E-state index in [0.717, 1.165) is 59.0 Å². The van der Waals surface area contributed by atoms with Crippen LogP contribution in [0.15, 0.2) is 110 Å². The summed E-state index contributed by atoms with van der Waals surface area (Å²) in [6.07, 6.45) is 1.71. The van der Waals surface area contributed by atoms with Crippen LogP contribution < -0.4 is 36.5 Å². The number of rotatable bonds is 36. The summed E-state index contributed by atoms with van der Waals surface area (Å²) in [4.78, 5) is 146. The van der Waals surface area contributed by atoms with Gasteiger partial charge in [0.05, 0.1) is 53.3 Å². The molecule has 4 aromatic rings. The van der Waals surface area contributed by atoms with Gasteiger partial charge in [0, 0.05) is 119 Å². The number of allylic oxidation sites excluding steroid dienone is 2. The van der Waals surface area contributed by atoms with Crippen molar-refractivity contribution in [1.29, 1.82) is 0 Å². The summed E-state index contributed by atoms with van der Waals surface area (Å²) < 4.78 is 23.2. The van der Waals surface area contributed by atoms with Crippen molar-refractivity contribution in [2.45, 2.75) is 170 Å². The summed E-state index contributed by atoms with van der Waals surface area (Å²) in [6, 6.07) is 17.5. The average Bonchev–Trinajstić information content (AvgIpc) is 1.39. The number of ether oxygens (including phenoxy) is 4. The fourth-order valence-electron chi connectivity index (χ4n) is 13.1. The van der Waals surface area contributed by atoms with Crippen LogP contribution in [0.3, 0.4) is 0 Å². The number of ketones is 5. The molecule has 107 heavy (non-hydrogen) atoms. The lowest BCUT2D eigenvalue weighted by Crippen LogP contribution is -2.56. The van der Waals surface area contributed by atoms with Gasteiger partial charge in [-0.15, -0.1) is 11.8 Å². The minimum Gasteiger partial charge on any atom is -0.507 e. The Kier molecular flexibility index (Phi) is 32.5. The van der Waals surface area contributed by atoms with Gasteiger partial charge in [-0.25, -0.2) is 4.79 Å². The van der Waals surface area contributed by atoms with Gasteiger partial charge in [-0.3, -0.25) is 57.7 Å². The Morgan fingerprint density at radius 3 is 2.10 bits per heavy atom. The monoisotopic (exact) mass is 1520 g/mol. The van der Waals surface area contributed by atoms with Crippen LogP contribution in [0.2, 0.25) is 0 Å². The number of aliphatic hydroxyl groups is 3. The van der Waals surface area contributed by atoms with Crippen molar-refractivity contribution in [2.24, 2.45) is 11.7 Å². The highest BCUT2D eigenvalue weighted by Gasteiger charge is 2.51. The molecule has 2 saturated heterocycles. The highest BCUT2D eigenvalue weighted by molar-refractivity contribution is 8.00. The van der Waals surface area contributed by atoms with Crippen molar-refractivity contribution >= 4 is 88.9 Å². The van der Waals surface area contributed by atoms with E-state index in [1.807, 2.05) is 44.4 Å². The number of amides is 6. The number of likely N-dealkylation sites (tertiary alicyclic amines) is 1. The molecule has 9 atom stereocenters. The molecular formula is C78H99N7O20S2. The maximum Gasteiger partial charge on any atom is 0.412 e. The largest absolute Gasteiger partial charge is 0.507 e. The quantitative estimate of drug-likeness (QED) is 0.00909. The molecule has 0 saturated carbocycles. The second-order valence-electron chi connectivity index (χ2n) is 26.8. The minimum absolute atomic E-state index is 0.0256. The maximum atomic E-state index is 14.3. The molecular weight excluding hydrogens is 1420 g/mol. The van der Waals surface area contributed by atoms with Gasteiger partial charge in [-0.2, -0.15) is 12.6 Å². The lowest BCUT2D eigenvalue weighted by atomic mass is 9.72. The van der Waals surface area contributed by atoms with Crippen LogP contribution >= 0.6 is 24.4 Å². The van der Waals surface area contributed by atoms with Crippen molar-refractivity contribution < 1.29 is 97.2 Å². The van der Waals surface area contributed by atoms with Crippen LogP contribution in [0, 0.1) is 5.92 Å². The van der Waals surface area contributed by atoms with Crippen molar-refractivity contribution in [3.05, 3.63) is 154 Å². The number of fused-ring (bicyclic) bond motifs is 3. The number of imide groups is 2. The third-order valence-corrected chi connectivity index (χ3v) is 20.9. The number of phenols is 2. The number of nitrogens with zero attached hydrogens (tertiary/aromatic N) is 2. The highest BCUT2D eigenvalue weighted by Crippen LogP contribution is 2.53. The summed E-state index contributed by atoms with van der Waals surface area (Å²) in [5, 5.41) is 67.7. The van der Waals surface area contributed by atoms with Crippen LogP contribution in [0.4, 0.5) is 4.79 Å². The molecule has 2 fully saturated rings. The Morgan fingerprint density at radius 2 is 1.48 bits per heavy atom. The predicted molar refractivity (Wildman–Crippen MR) is 402 cm³/mol. The fraction of sp³-hybridized carbons (Fsp3) is 0.474. The van der Waals surface area contributed by atoms with E-state index >= 15 is 0 Å². The lowest BCUT2D eigenvalue weighted by Gasteiger charge is -2.42. The standard InChI is InChI=1S/C67H81N5O18S.C6H13NS.C5H5NO2/c1-37(69-3)15-14-28-91-51-33-54(78)72(65(51)84)27-12-6-9-21-53(77)70-45(29-39-16-7-5-8-17-39)48(75)31-41(18-10-11-26-68)47(74)30-40-22-24-42(25-23-40)89-66(85)71-46-32-55(88-38(2)60(46)79)90-50-35-67(86,52(76)36-73)34-44-57(50)64(83)59-58(62(44)81)61(80)43-19-13-20-49(87-4)56(43)63(59)82;1-6(7-2)4-3-5-8;1-6-4(7)2-3-5(6)8/h5,7-8,13,16-17,19-20,22-25,38,41,45-46,50-51,55,60,69,73,79,81,83,86H,1,6,9-12,14-15,18,21,26-36,68H2,2-4H3,(H,70,77)(H,71,85);7-8H,1,3-5H2,2H3;2-3H,1H3/t38-,41?,45?,46-,50-,51?,55-,60+,67-;;/m1../s1. The SMILES string of the molecule is C=C(CCCS)NC.C=C(CCCSC1CC(=O)N(CCCCCC(=O)NC(Cc2ccccc2)C(=O)CC(CCCCN)C(=O)Cc2ccc(OC(=O)N[C@@H]3C[C@@H](O[C@@H]4C[C@@](O)(C(=O)CO)Cc5c(O)c6c(c(O)c54)C(=O)c4c(OC)cccc4C6=O)O[C@H](C)[C@@H]3O)cc2)C1=O)NC.CN1C(=O)C=CC1=O. The maximum absolute atomic E-state index is 14.3. The number of aromatic hydroxyl groups is 2. The van der Waals surface area contributed by atoms with E-state index in [1.165, 1.54) is 80.2 Å². The van der Waals surface area contributed by atoms with Gasteiger partial charge in [-0.1, -0.05) is 80.6 Å². The number of methoxy groups -OCH3 is 1. The zero-order valence-corrected chi connectivity index (χ0v) is 62.8. The Hall–Kier alpha value is -9.07. The number of benzene rings is 4. The third kappa shape index (κ3) is 22.8. The van der Waals surface area contributed by atoms with E-state index in [0.29, 0.717) is 50.6 Å². The number of phenolic OH excluding ortho intramolecular Hbond substituents is 2. The Balaban J connectivity index is 0.000000887. The van der Waals surface area contributed by atoms with E-state index in [-0.39, 0.29) is 120 Å². The summed E-state index contributed by atoms with van der Waals surface area (Å²) in [7, 11) is 6.44. The number of aliphatic hydroxyl groups excluding tert-OH is 2. The van der Waals surface area contributed by atoms with Gasteiger partial charge >= 0.3 is 6.09 Å². The van der Waals surface area contributed by atoms with Gasteiger partial charge in [-0.05, 0) is 112 Å². The number of hydrogen-bond donors (Lipinski definition) is 11. The molecule has 11 N–H and O–H groups in total. The lowest BCUT2D eigenvalue weighted by molar-refractivity contribution is -0.249. The molecule has 0 bridgehead atoms. The number of hydrogen-bond acceptors (Lipinski definition) is 25. The van der Waals surface area contributed by atoms with E-state index in [9.17, 15) is 78.3 Å². The second kappa shape index (κ2) is 40.8. The molecule has 3 heterocycles. The molecule has 5 aliphatic rings. The van der Waals surface area contributed by atoms with Gasteiger partial charge < -0.3 is 71.5 Å². The molecule has 29 heteroatoms. The first-order valence-corrected chi connectivity index (χ1v) is 37.5. The molecule has 27 nitrogen and oxygen atoms in total. The van der Waals surface area contributed by atoms with E-state index in [1.54, 1.807) is 12.1 Å². The van der Waals surface area contributed by atoms with E-state index < -0.39 is 119 Å². The molecule has 9 rings (SSSR count). The van der Waals surface area contributed by atoms with Crippen molar-refractivity contribution in [2.75, 3.05) is 59.5 Å². The first kappa shape index (κ1) is 85.2. The first-order chi connectivity index (χ1) is 51.1. The van der Waals surface area contributed by atoms with Gasteiger partial charge in [0.15, 0.2) is 23.6 Å². The number of nitrogens with two attached hydrogens (primary N) is 1. The normalized spacial score (nSPS) is 20.4. The molecule has 0 spiro atoms. The zero-order chi connectivity index (χ0) is 78.2. The van der Waals surface area contributed by atoms with Crippen LogP contribution in [0.1, 0.15) is 163 Å². The summed E-state index contributed by atoms with van der Waals surface area (Å²) in [6.45, 7) is 8.69. The van der Waals surface area contributed by atoms with Crippen LogP contribution in [0.25, 0.3) is 0 Å². The van der Waals surface area contributed by atoms with Crippen LogP contribution in [0.5, 0.6) is 23.0 Å². The Labute approximate surface area is 632 Å². The zero-order valence-electron chi connectivity index (χ0n) is 61.1. The molecule has 0 radical (unpaired) electrons. The number of thiol groups is 1. The van der Waals surface area contributed by atoms with Crippen LogP contribution in [-0.2, 0) is 67.1 Å². The van der Waals surface area contributed by atoms with Crippen molar-refractivity contribution in [1.82, 2.24) is 31.1 Å². The second-order valence-corrected chi connectivity index (χ2v) is 28.6. The number of nitrogens with one attached hydrogen (secondary N) is 4. The number of unbranched alkanes of at least 4 members (excludes halogenated alkanes) is 3. The van der Waals surface area contributed by atoms with Crippen molar-refractivity contribution in [3.63, 3.8) is 0 Å². The Morgan fingerprint density at radius 1 is 0.804 bits per heavy atom. The summed E-state index contributed by atoms with van der Waals surface area (Å²) >= 11 is 5.55. The summed E-state index contributed by atoms with van der Waals surface area (Å²) in [5.74, 6) is -5.04. The highest BCUT2D eigenvalue weighted by atomic mass is 32.2. The average molecular weight is 1520 g/mol. The minimum atomic E-state index is -2.42. The topological polar surface area (TPSA) is 406 Å². The van der Waals surface area contributed by atoms with E-state index in [2.05, 4.69) is 47.1 Å². The molecule has 3 aliphatic heterocycles. The number of Topliss-reactive ketones (excluding diaryl/α,β-unsaturated/α-hetero) is 3. The molecule has 6 amide bonds. The van der Waals surface area contributed by atoms with Gasteiger partial charge in [0.1, 0.15) is 47.1 Å². The Bertz CT molecular complexity index is 3930. The molecule has 2 aliphatic carbocycles. The molecule has 4 aromatic carbocycles. The number of thioether (sulfide) groups is 1. The molecule has 3 unspecified atom stereocenters. The first-order valence-electron chi connectivity index (χ1n) is 35.8. The fourth-order valence-corrected chi connectivity index (χ4v) is 14.4. The molecule has 578 valence electrons. The predicted octanol–water partition coefficient (Wildman–Crippen LogP) is 6.28. The van der Waals surface area contributed by atoms with Crippen LogP contribution in [-0.4, -0.2) is 201 Å². The summed E-state index contributed by atoms with van der Waals surface area (Å²) in [5.41, 5.74) is 4.80. The van der Waals surface area contributed by atoms with Crippen molar-refractivity contribution in [3.8, 4) is 23.0 Å². The number of carbonyl (C=O) groups is 11. The van der Waals surface area contributed by atoms with E-state index in [4.69, 9.17) is 24.7 Å². The smallest absolute Gasteiger partial charge is 0.412 e. The molecule has 0 aromatic heterocycles. The van der Waals surface area contributed by atoms with Gasteiger partial charge in [0.2, 0.25) is 23.5 Å².